The number of hydrogen-bond donors (Lipinski definition) is 2. The van der Waals surface area contributed by atoms with E-state index >= 15 is 0 Å². The Balaban J connectivity index is 1.38. The first kappa shape index (κ1) is 35.0. The second kappa shape index (κ2) is 21.5. The van der Waals surface area contributed by atoms with E-state index in [-0.39, 0.29) is 19.0 Å². The molecule has 1 aromatic rings. The number of halogens is 1. The maximum atomic E-state index is 12.1. The van der Waals surface area contributed by atoms with E-state index in [4.69, 9.17) is 9.47 Å². The summed E-state index contributed by atoms with van der Waals surface area (Å²) in [5, 5.41) is 10.3. The lowest BCUT2D eigenvalue weighted by Crippen LogP contribution is -2.33. The fraction of sp³-hybridized carbons (Fsp3) is 0.839. The molecule has 0 saturated carbocycles. The summed E-state index contributed by atoms with van der Waals surface area (Å²) < 4.78 is 12.7. The molecule has 1 aliphatic heterocycles. The highest BCUT2D eigenvalue weighted by Gasteiger charge is 2.36. The molecular weight excluding hydrogens is 623 g/mol. The molecule has 0 radical (unpaired) electrons. The topological polar surface area (TPSA) is 111 Å². The second-order valence-corrected chi connectivity index (χ2v) is 12.5. The van der Waals surface area contributed by atoms with Crippen LogP contribution in [0.4, 0.5) is 0 Å². The van der Waals surface area contributed by atoms with Crippen molar-refractivity contribution in [2.24, 2.45) is 0 Å². The largest absolute Gasteiger partial charge is 0.463 e. The summed E-state index contributed by atoms with van der Waals surface area (Å²) in [5.41, 5.74) is -1.05. The number of aliphatic hydroxyl groups excluding tert-OH is 1. The molecule has 8 nitrogen and oxygen atoms in total. The Morgan fingerprint density at radius 3 is 1.88 bits per heavy atom. The number of carbonyl (C=O) groups excluding carboxylic acids is 1. The lowest BCUT2D eigenvalue weighted by Gasteiger charge is -2.16. The summed E-state index contributed by atoms with van der Waals surface area (Å²) in [6.45, 7) is 2.22. The van der Waals surface area contributed by atoms with E-state index < -0.39 is 29.7 Å². The molecule has 1 saturated heterocycles. The van der Waals surface area contributed by atoms with Gasteiger partial charge in [-0.15, -0.1) is 0 Å². The molecule has 1 aliphatic rings. The van der Waals surface area contributed by atoms with Crippen LogP contribution in [0.15, 0.2) is 15.8 Å². The summed E-state index contributed by atoms with van der Waals surface area (Å²) in [4.78, 5) is 38.0. The van der Waals surface area contributed by atoms with Gasteiger partial charge in [0.2, 0.25) is 0 Å². The highest BCUT2D eigenvalue weighted by Crippen LogP contribution is 2.28. The van der Waals surface area contributed by atoms with Crippen LogP contribution >= 0.6 is 22.6 Å². The molecule has 2 rings (SSSR count). The number of H-pyrrole nitrogens is 1. The van der Waals surface area contributed by atoms with Crippen molar-refractivity contribution in [1.82, 2.24) is 9.55 Å². The van der Waals surface area contributed by atoms with Crippen molar-refractivity contribution in [3.63, 3.8) is 0 Å². The Hall–Kier alpha value is -1.20. The minimum absolute atomic E-state index is 0.0508. The van der Waals surface area contributed by atoms with E-state index in [1.807, 2.05) is 22.6 Å². The third-order valence-corrected chi connectivity index (χ3v) is 8.60. The number of unbranched alkanes of at least 4 members (excludes halogenated alkanes) is 18. The summed E-state index contributed by atoms with van der Waals surface area (Å²) in [7, 11) is 0. The fourth-order valence-electron chi connectivity index (χ4n) is 5.31. The Kier molecular flexibility index (Phi) is 18.8. The summed E-state index contributed by atoms with van der Waals surface area (Å²) in [5.74, 6) is -0.290. The van der Waals surface area contributed by atoms with Crippen LogP contribution in [-0.4, -0.2) is 39.4 Å². The predicted molar refractivity (Wildman–Crippen MR) is 168 cm³/mol. The van der Waals surface area contributed by atoms with E-state index in [1.165, 1.54) is 113 Å². The summed E-state index contributed by atoms with van der Waals surface area (Å²) >= 11 is 1.84. The van der Waals surface area contributed by atoms with E-state index in [0.29, 0.717) is 9.99 Å². The number of nitrogens with one attached hydrogen (secondary N) is 1. The average molecular weight is 677 g/mol. The van der Waals surface area contributed by atoms with Crippen molar-refractivity contribution in [2.75, 3.05) is 6.61 Å². The van der Waals surface area contributed by atoms with Crippen molar-refractivity contribution in [3.05, 3.63) is 30.6 Å². The van der Waals surface area contributed by atoms with Crippen LogP contribution in [0.25, 0.3) is 0 Å². The zero-order valence-corrected chi connectivity index (χ0v) is 26.8. The van der Waals surface area contributed by atoms with Crippen LogP contribution in [0.2, 0.25) is 0 Å². The van der Waals surface area contributed by atoms with Crippen LogP contribution < -0.4 is 11.2 Å². The highest BCUT2D eigenvalue weighted by atomic mass is 127. The number of aliphatic hydroxyl groups is 1. The zero-order chi connectivity index (χ0) is 29.0. The average Bonchev–Trinajstić information content (AvgIpc) is 3.30. The summed E-state index contributed by atoms with van der Waals surface area (Å²) in [6.07, 6.45) is 24.6. The maximum absolute atomic E-state index is 12.1. The maximum Gasteiger partial charge on any atom is 0.330 e. The lowest BCUT2D eigenvalue weighted by atomic mass is 10.0. The molecule has 1 aromatic heterocycles. The molecule has 230 valence electrons. The molecule has 9 heteroatoms. The first-order valence-corrected chi connectivity index (χ1v) is 17.0. The molecule has 2 heterocycles. The molecule has 0 spiro atoms. The van der Waals surface area contributed by atoms with Crippen LogP contribution in [0.1, 0.15) is 148 Å². The van der Waals surface area contributed by atoms with Gasteiger partial charge < -0.3 is 14.6 Å². The normalized spacial score (nSPS) is 18.8. The van der Waals surface area contributed by atoms with Gasteiger partial charge in [-0.05, 0) is 29.0 Å². The third kappa shape index (κ3) is 14.6. The quantitative estimate of drug-likeness (QED) is 0.0724. The van der Waals surface area contributed by atoms with Gasteiger partial charge in [0.1, 0.15) is 18.9 Å². The zero-order valence-electron chi connectivity index (χ0n) is 24.7. The number of rotatable bonds is 23. The van der Waals surface area contributed by atoms with Gasteiger partial charge in [0.25, 0.3) is 5.56 Å². The summed E-state index contributed by atoms with van der Waals surface area (Å²) in [6, 6.07) is 0. The SMILES string of the molecule is CCCCCCCCCCCCCCCCCCCCCC(=O)OC[C@@H]1O[C@H](n2cc(I)c(=O)[nH]c2=O)CC1O. The van der Waals surface area contributed by atoms with Crippen LogP contribution in [0.5, 0.6) is 0 Å². The van der Waals surface area contributed by atoms with E-state index in [2.05, 4.69) is 11.9 Å². The third-order valence-electron chi connectivity index (χ3n) is 7.83. The molecular formula is C31H53IN2O6. The molecule has 0 aliphatic carbocycles. The number of carbonyl (C=O) groups is 1. The Morgan fingerprint density at radius 2 is 1.38 bits per heavy atom. The van der Waals surface area contributed by atoms with E-state index in [0.717, 1.165) is 19.3 Å². The highest BCUT2D eigenvalue weighted by molar-refractivity contribution is 14.1. The second-order valence-electron chi connectivity index (χ2n) is 11.4. The number of nitrogens with zero attached hydrogens (tertiary/aromatic N) is 1. The Morgan fingerprint density at radius 1 is 0.900 bits per heavy atom. The van der Waals surface area contributed by atoms with Gasteiger partial charge in [0, 0.05) is 19.0 Å². The number of aromatic nitrogens is 2. The van der Waals surface area contributed by atoms with Crippen molar-refractivity contribution in [3.8, 4) is 0 Å². The molecule has 1 fully saturated rings. The van der Waals surface area contributed by atoms with Gasteiger partial charge in [0.05, 0.1) is 9.67 Å². The smallest absolute Gasteiger partial charge is 0.330 e. The molecule has 40 heavy (non-hydrogen) atoms. The van der Waals surface area contributed by atoms with Crippen LogP contribution in [0.3, 0.4) is 0 Å². The molecule has 1 unspecified atom stereocenters. The number of aromatic amines is 1. The Bertz CT molecular complexity index is 933. The number of hydrogen-bond acceptors (Lipinski definition) is 6. The molecule has 0 bridgehead atoms. The van der Waals surface area contributed by atoms with Gasteiger partial charge in [-0.25, -0.2) is 4.79 Å². The van der Waals surface area contributed by atoms with Gasteiger partial charge >= 0.3 is 11.7 Å². The monoisotopic (exact) mass is 676 g/mol. The van der Waals surface area contributed by atoms with Gasteiger partial charge in [-0.2, -0.15) is 0 Å². The van der Waals surface area contributed by atoms with Crippen molar-refractivity contribution in [2.45, 2.75) is 160 Å². The van der Waals surface area contributed by atoms with Crippen molar-refractivity contribution in [1.29, 1.82) is 0 Å². The first-order chi connectivity index (χ1) is 19.4. The molecule has 0 amide bonds. The van der Waals surface area contributed by atoms with Gasteiger partial charge in [0.15, 0.2) is 0 Å². The van der Waals surface area contributed by atoms with E-state index in [1.54, 1.807) is 0 Å². The first-order valence-electron chi connectivity index (χ1n) is 15.9. The standard InChI is InChI=1S/C31H53IN2O6/c1-2-3-4-5-6-7-8-9-10-11-12-13-14-15-16-17-18-19-20-21-29(36)39-24-27-26(35)22-28(40-27)34-23-25(32)30(37)33-31(34)38/h23,26-28,35H,2-22,24H2,1H3,(H,33,37,38)/t26?,27-,28-/m0/s1. The predicted octanol–water partition coefficient (Wildman–Crippen LogP) is 7.15. The fourth-order valence-corrected chi connectivity index (χ4v) is 5.74. The number of ether oxygens (including phenoxy) is 2. The molecule has 0 aromatic carbocycles. The van der Waals surface area contributed by atoms with Crippen molar-refractivity contribution < 1.29 is 19.4 Å². The Labute approximate surface area is 254 Å². The van der Waals surface area contributed by atoms with E-state index in [9.17, 15) is 19.5 Å². The number of esters is 1. The van der Waals surface area contributed by atoms with Gasteiger partial charge in [-0.3, -0.25) is 19.1 Å². The minimum Gasteiger partial charge on any atom is -0.463 e. The van der Waals surface area contributed by atoms with Crippen LogP contribution in [0, 0.1) is 3.57 Å². The van der Waals surface area contributed by atoms with Gasteiger partial charge in [-0.1, -0.05) is 122 Å². The molecule has 3 atom stereocenters. The minimum atomic E-state index is -0.857. The van der Waals surface area contributed by atoms with Crippen molar-refractivity contribution >= 4 is 28.6 Å². The molecule has 2 N–H and O–H groups in total. The van der Waals surface area contributed by atoms with Crippen LogP contribution in [-0.2, 0) is 14.3 Å². The lowest BCUT2D eigenvalue weighted by molar-refractivity contribution is -0.150.